The zero-order chi connectivity index (χ0) is 24.2. The third kappa shape index (κ3) is 4.65. The van der Waals surface area contributed by atoms with Crippen LogP contribution in [0.5, 0.6) is 0 Å². The smallest absolute Gasteiger partial charge is 0.351 e. The molecule has 0 bridgehead atoms. The molecule has 168 valence electrons. The molecule has 1 aromatic heterocycles. The lowest BCUT2D eigenvalue weighted by Crippen LogP contribution is -2.26. The van der Waals surface area contributed by atoms with E-state index in [9.17, 15) is 18.3 Å². The third-order valence-corrected chi connectivity index (χ3v) is 6.90. The summed E-state index contributed by atoms with van der Waals surface area (Å²) in [6, 6.07) is 14.9. The molecule has 0 saturated carbocycles. The van der Waals surface area contributed by atoms with Gasteiger partial charge in [-0.25, -0.2) is 22.8 Å². The molecule has 0 unspecified atom stereocenters. The molecule has 2 N–H and O–H groups in total. The van der Waals surface area contributed by atoms with Gasteiger partial charge in [-0.2, -0.15) is 5.26 Å². The summed E-state index contributed by atoms with van der Waals surface area (Å²) in [6.07, 6.45) is 0.923. The number of hydrogen-bond acceptors (Lipinski definition) is 4. The second kappa shape index (κ2) is 9.70. The van der Waals surface area contributed by atoms with Crippen molar-refractivity contribution in [1.29, 1.82) is 5.26 Å². The predicted molar refractivity (Wildman–Crippen MR) is 123 cm³/mol. The van der Waals surface area contributed by atoms with E-state index in [-0.39, 0.29) is 22.7 Å². The van der Waals surface area contributed by atoms with Crippen molar-refractivity contribution in [2.75, 3.05) is 6.54 Å². The number of aromatic carboxylic acids is 1. The van der Waals surface area contributed by atoms with E-state index in [4.69, 9.17) is 11.8 Å². The number of sulfonamides is 1. The minimum absolute atomic E-state index is 0.0634. The maximum atomic E-state index is 12.5. The van der Waals surface area contributed by atoms with E-state index >= 15 is 0 Å². The van der Waals surface area contributed by atoms with Crippen LogP contribution in [0.3, 0.4) is 0 Å². The first-order valence-electron chi connectivity index (χ1n) is 10.2. The van der Waals surface area contributed by atoms with Gasteiger partial charge < -0.3 is 9.67 Å². The summed E-state index contributed by atoms with van der Waals surface area (Å²) in [5, 5.41) is 18.8. The Kier molecular flexibility index (Phi) is 6.98. The van der Waals surface area contributed by atoms with Crippen LogP contribution in [-0.4, -0.2) is 30.6 Å². The van der Waals surface area contributed by atoms with Crippen LogP contribution in [0, 0.1) is 17.9 Å². The predicted octanol–water partition coefficient (Wildman–Crippen LogP) is 3.90. The van der Waals surface area contributed by atoms with Crippen LogP contribution in [0.4, 0.5) is 5.69 Å². The summed E-state index contributed by atoms with van der Waals surface area (Å²) in [5.41, 5.74) is 2.96. The first kappa shape index (κ1) is 23.7. The van der Waals surface area contributed by atoms with Gasteiger partial charge in [-0.3, -0.25) is 0 Å². The lowest BCUT2D eigenvalue weighted by Gasteiger charge is -2.09. The van der Waals surface area contributed by atoms with Gasteiger partial charge in [0.2, 0.25) is 15.7 Å². The summed E-state index contributed by atoms with van der Waals surface area (Å²) < 4.78 is 29.1. The number of aromatic nitrogens is 1. The summed E-state index contributed by atoms with van der Waals surface area (Å²) in [5.74, 6) is -1.10. The number of carboxylic acids is 1. The molecule has 0 aliphatic rings. The zero-order valence-corrected chi connectivity index (χ0v) is 19.0. The Morgan fingerprint density at radius 1 is 1.21 bits per heavy atom. The van der Waals surface area contributed by atoms with E-state index in [1.54, 1.807) is 48.0 Å². The van der Waals surface area contributed by atoms with Crippen molar-refractivity contribution in [1.82, 2.24) is 9.29 Å². The Balaban J connectivity index is 1.81. The molecule has 0 aliphatic carbocycles. The fourth-order valence-electron chi connectivity index (χ4n) is 3.81. The number of nitrogens with one attached hydrogen (secondary N) is 1. The first-order valence-corrected chi connectivity index (χ1v) is 11.6. The molecule has 0 aliphatic heterocycles. The Morgan fingerprint density at radius 2 is 1.88 bits per heavy atom. The largest absolute Gasteiger partial charge is 0.477 e. The van der Waals surface area contributed by atoms with Crippen molar-refractivity contribution in [3.63, 3.8) is 0 Å². The average Bonchev–Trinajstić information content (AvgIpc) is 3.10. The van der Waals surface area contributed by atoms with Crippen LogP contribution < -0.4 is 4.72 Å². The molecule has 9 heteroatoms. The summed E-state index contributed by atoms with van der Waals surface area (Å²) in [6.45, 7) is 9.55. The Bertz CT molecular complexity index is 1390. The minimum atomic E-state index is -3.83. The second-order valence-corrected chi connectivity index (χ2v) is 9.04. The average molecular weight is 463 g/mol. The minimum Gasteiger partial charge on any atom is -0.477 e. The normalized spacial score (nSPS) is 11.0. The third-order valence-electron chi connectivity index (χ3n) is 5.38. The first-order chi connectivity index (χ1) is 15.7. The fraction of sp³-hybridized carbons (Fsp3) is 0.208. The van der Waals surface area contributed by atoms with Gasteiger partial charge in [0.25, 0.3) is 0 Å². The van der Waals surface area contributed by atoms with Gasteiger partial charge in [0.1, 0.15) is 11.8 Å². The molecule has 3 rings (SSSR count). The van der Waals surface area contributed by atoms with Crippen molar-refractivity contribution in [3.05, 3.63) is 82.5 Å². The van der Waals surface area contributed by atoms with Crippen molar-refractivity contribution in [2.45, 2.75) is 24.7 Å². The molecule has 2 aromatic carbocycles. The monoisotopic (exact) mass is 462 g/mol. The maximum absolute atomic E-state index is 12.5. The highest BCUT2D eigenvalue weighted by atomic mass is 32.2. The molecular formula is C24H22N4O4S. The van der Waals surface area contributed by atoms with E-state index in [0.29, 0.717) is 35.3 Å². The van der Waals surface area contributed by atoms with Crippen LogP contribution in [-0.2, 0) is 29.9 Å². The summed E-state index contributed by atoms with van der Waals surface area (Å²) >= 11 is 0. The molecule has 3 aromatic rings. The van der Waals surface area contributed by atoms with Gasteiger partial charge in [-0.15, -0.1) is 0 Å². The van der Waals surface area contributed by atoms with Gasteiger partial charge in [-0.1, -0.05) is 43.3 Å². The number of carboxylic acid groups (broad SMARTS) is 1. The van der Waals surface area contributed by atoms with E-state index in [1.807, 2.05) is 13.0 Å². The molecule has 0 fully saturated rings. The number of rotatable bonds is 8. The van der Waals surface area contributed by atoms with E-state index in [0.717, 1.165) is 5.56 Å². The van der Waals surface area contributed by atoms with Gasteiger partial charge in [0, 0.05) is 24.8 Å². The van der Waals surface area contributed by atoms with Crippen molar-refractivity contribution in [3.8, 4) is 17.2 Å². The van der Waals surface area contributed by atoms with Gasteiger partial charge in [0.05, 0.1) is 17.0 Å². The van der Waals surface area contributed by atoms with Crippen molar-refractivity contribution in [2.24, 2.45) is 7.05 Å². The molecule has 1 heterocycles. The summed E-state index contributed by atoms with van der Waals surface area (Å²) in [7, 11) is -2.18. The van der Waals surface area contributed by atoms with Gasteiger partial charge in [0.15, 0.2) is 0 Å². The van der Waals surface area contributed by atoms with Crippen molar-refractivity contribution < 1.29 is 18.3 Å². The van der Waals surface area contributed by atoms with Crippen LogP contribution in [0.1, 0.15) is 34.2 Å². The lowest BCUT2D eigenvalue weighted by atomic mass is 10.0. The molecule has 8 nitrogen and oxygen atoms in total. The molecule has 0 atom stereocenters. The quantitative estimate of drug-likeness (QED) is 0.493. The van der Waals surface area contributed by atoms with Crippen LogP contribution in [0.2, 0.25) is 0 Å². The van der Waals surface area contributed by atoms with Crippen LogP contribution >= 0.6 is 0 Å². The number of nitriles is 1. The molecule has 0 amide bonds. The van der Waals surface area contributed by atoms with Gasteiger partial charge >= 0.3 is 5.97 Å². The Morgan fingerprint density at radius 3 is 2.45 bits per heavy atom. The molecule has 0 radical (unpaired) electrons. The Labute approximate surface area is 192 Å². The number of hydrogen-bond donors (Lipinski definition) is 2. The second-order valence-electron chi connectivity index (χ2n) is 7.30. The molecule has 0 saturated heterocycles. The lowest BCUT2D eigenvalue weighted by molar-refractivity contribution is 0.0687. The zero-order valence-electron chi connectivity index (χ0n) is 18.2. The highest BCUT2D eigenvalue weighted by Gasteiger charge is 2.25. The van der Waals surface area contributed by atoms with Crippen LogP contribution in [0.15, 0.2) is 53.4 Å². The SMILES string of the molecule is [C-]#[N+]c1c(-c2ccc(CCNS(=O)(=O)c3ccccc3C#N)cc2)c(C(=O)O)n(C)c1CC. The highest BCUT2D eigenvalue weighted by Crippen LogP contribution is 2.39. The number of carbonyl (C=O) groups is 1. The number of nitrogens with zero attached hydrogens (tertiary/aromatic N) is 3. The van der Waals surface area contributed by atoms with Crippen molar-refractivity contribution >= 4 is 21.7 Å². The molecular weight excluding hydrogens is 440 g/mol. The Hall–Kier alpha value is -3.92. The van der Waals surface area contributed by atoms with E-state index in [2.05, 4.69) is 9.57 Å². The molecule has 33 heavy (non-hydrogen) atoms. The van der Waals surface area contributed by atoms with Crippen LogP contribution in [0.25, 0.3) is 16.0 Å². The van der Waals surface area contributed by atoms with E-state index in [1.165, 1.54) is 12.1 Å². The van der Waals surface area contributed by atoms with Gasteiger partial charge in [-0.05, 0) is 36.1 Å². The fourth-order valence-corrected chi connectivity index (χ4v) is 4.99. The standard InChI is InChI=1S/C24H22N4O4S/c1-4-19-22(26-2)21(23(24(29)30)28(19)3)17-11-9-16(10-12-17)13-14-27-33(31,32)20-8-6-5-7-18(20)15-25/h5-12,27H,4,13-14H2,1,3H3,(H,29,30). The highest BCUT2D eigenvalue weighted by molar-refractivity contribution is 7.89. The maximum Gasteiger partial charge on any atom is 0.351 e. The number of benzene rings is 2. The summed E-state index contributed by atoms with van der Waals surface area (Å²) in [4.78, 5) is 15.4. The topological polar surface area (TPSA) is 117 Å². The molecule has 0 spiro atoms. The van der Waals surface area contributed by atoms with E-state index < -0.39 is 16.0 Å².